The Morgan fingerprint density at radius 3 is 2.48 bits per heavy atom. The smallest absolute Gasteiger partial charge is 0.217 e. The summed E-state index contributed by atoms with van der Waals surface area (Å²) in [6.07, 6.45) is 0.935. The van der Waals surface area contributed by atoms with E-state index in [0.717, 1.165) is 50.5 Å². The van der Waals surface area contributed by atoms with Crippen molar-refractivity contribution in [2.75, 3.05) is 0 Å². The summed E-state index contributed by atoms with van der Waals surface area (Å²) in [6, 6.07) is 17.8. The number of fused-ring (bicyclic) bond motifs is 4. The number of aromatic nitrogens is 1. The van der Waals surface area contributed by atoms with E-state index in [1.54, 1.807) is 12.1 Å². The van der Waals surface area contributed by atoms with Crippen molar-refractivity contribution < 1.29 is 13.4 Å². The minimum absolute atomic E-state index is 0.217. The maximum atomic E-state index is 14.2. The molecule has 0 fully saturated rings. The number of pyridine rings is 1. The molecule has 0 saturated heterocycles. The predicted molar refractivity (Wildman–Crippen MR) is 126 cm³/mol. The molecule has 0 bridgehead atoms. The Hall–Kier alpha value is -3.20. The van der Waals surface area contributed by atoms with Crippen molar-refractivity contribution in [2.24, 2.45) is 13.0 Å². The fraction of sp³-hybridized carbons (Fsp3) is 0.250. The van der Waals surface area contributed by atoms with Crippen LogP contribution in [0.2, 0.25) is 0 Å². The topological polar surface area (TPSA) is 17.0 Å². The summed E-state index contributed by atoms with van der Waals surface area (Å²) in [5.41, 5.74) is 8.48. The van der Waals surface area contributed by atoms with Crippen LogP contribution in [0.4, 0.5) is 4.39 Å². The number of furan rings is 1. The molecule has 3 aromatic carbocycles. The minimum atomic E-state index is -0.217. The molecule has 0 spiro atoms. The highest BCUT2D eigenvalue weighted by Gasteiger charge is 2.25. The van der Waals surface area contributed by atoms with Crippen molar-refractivity contribution in [1.82, 2.24) is 0 Å². The van der Waals surface area contributed by atoms with Crippen LogP contribution in [-0.2, 0) is 13.5 Å². The molecule has 0 atom stereocenters. The molecule has 0 amide bonds. The first-order valence-electron chi connectivity index (χ1n) is 10.9. The molecule has 0 saturated carbocycles. The van der Waals surface area contributed by atoms with Crippen LogP contribution >= 0.6 is 0 Å². The van der Waals surface area contributed by atoms with Crippen LogP contribution in [0.25, 0.3) is 44.1 Å². The van der Waals surface area contributed by atoms with E-state index in [2.05, 4.69) is 50.5 Å². The molecule has 0 unspecified atom stereocenters. The lowest BCUT2D eigenvalue weighted by molar-refractivity contribution is -0.633. The van der Waals surface area contributed by atoms with E-state index in [1.807, 2.05) is 31.3 Å². The van der Waals surface area contributed by atoms with Gasteiger partial charge in [0.15, 0.2) is 0 Å². The van der Waals surface area contributed by atoms with Gasteiger partial charge in [-0.3, -0.25) is 0 Å². The van der Waals surface area contributed by atoms with Crippen LogP contribution < -0.4 is 4.57 Å². The number of para-hydroxylation sites is 1. The summed E-state index contributed by atoms with van der Waals surface area (Å²) in [7, 11) is 2.02. The summed E-state index contributed by atoms with van der Waals surface area (Å²) < 4.78 is 22.8. The number of nitrogens with zero attached hydrogens (tertiary/aromatic N) is 1. The molecule has 31 heavy (non-hydrogen) atoms. The van der Waals surface area contributed by atoms with Crippen LogP contribution in [0.15, 0.2) is 59.0 Å². The first-order valence-corrected chi connectivity index (χ1v) is 10.9. The van der Waals surface area contributed by atoms with Crippen molar-refractivity contribution in [2.45, 2.75) is 34.1 Å². The van der Waals surface area contributed by atoms with Gasteiger partial charge in [0.2, 0.25) is 11.2 Å². The molecule has 2 aromatic heterocycles. The third-order valence-electron chi connectivity index (χ3n) is 6.41. The van der Waals surface area contributed by atoms with Gasteiger partial charge in [0.1, 0.15) is 24.0 Å². The SMILES string of the molecule is Cc1cc2c(oc3ccccc32)c(-c2cc(CC(C)C)c3ccc(F)cc3[n+]2C)c1C. The minimum Gasteiger partial charge on any atom is -0.455 e. The maximum absolute atomic E-state index is 14.2. The van der Waals surface area contributed by atoms with E-state index in [1.165, 1.54) is 16.7 Å². The largest absolute Gasteiger partial charge is 0.455 e. The molecule has 5 aromatic rings. The second kappa shape index (κ2) is 7.19. The van der Waals surface area contributed by atoms with Gasteiger partial charge in [0.05, 0.1) is 5.56 Å². The van der Waals surface area contributed by atoms with Crippen molar-refractivity contribution >= 4 is 32.8 Å². The molecule has 0 aliphatic heterocycles. The average Bonchev–Trinajstić information content (AvgIpc) is 3.09. The Kier molecular flexibility index (Phi) is 4.58. The number of halogens is 1. The summed E-state index contributed by atoms with van der Waals surface area (Å²) >= 11 is 0. The van der Waals surface area contributed by atoms with E-state index < -0.39 is 0 Å². The maximum Gasteiger partial charge on any atom is 0.217 e. The van der Waals surface area contributed by atoms with Gasteiger partial charge in [-0.05, 0) is 67.1 Å². The zero-order chi connectivity index (χ0) is 21.9. The molecular formula is C28H27FNO+. The Morgan fingerprint density at radius 2 is 1.71 bits per heavy atom. The van der Waals surface area contributed by atoms with Gasteiger partial charge in [-0.1, -0.05) is 32.0 Å². The van der Waals surface area contributed by atoms with E-state index >= 15 is 0 Å². The average molecular weight is 413 g/mol. The van der Waals surface area contributed by atoms with Crippen molar-refractivity contribution in [3.05, 3.63) is 77.1 Å². The van der Waals surface area contributed by atoms with Crippen LogP contribution in [0.3, 0.4) is 0 Å². The molecule has 2 heterocycles. The number of aryl methyl sites for hydroxylation is 2. The normalized spacial score (nSPS) is 12.0. The molecule has 0 N–H and O–H groups in total. The van der Waals surface area contributed by atoms with Crippen LogP contribution in [0, 0.1) is 25.6 Å². The van der Waals surface area contributed by atoms with Crippen LogP contribution in [0.5, 0.6) is 0 Å². The third kappa shape index (κ3) is 3.11. The Balaban J connectivity index is 1.93. The third-order valence-corrected chi connectivity index (χ3v) is 6.41. The van der Waals surface area contributed by atoms with Gasteiger partial charge < -0.3 is 4.42 Å². The second-order valence-corrected chi connectivity index (χ2v) is 9.04. The van der Waals surface area contributed by atoms with Gasteiger partial charge in [-0.25, -0.2) is 4.39 Å². The molecule has 2 nitrogen and oxygen atoms in total. The van der Waals surface area contributed by atoms with Crippen molar-refractivity contribution in [3.8, 4) is 11.3 Å². The number of hydrogen-bond donors (Lipinski definition) is 0. The number of rotatable bonds is 3. The molecule has 156 valence electrons. The van der Waals surface area contributed by atoms with Gasteiger partial charge in [0, 0.05) is 28.3 Å². The highest BCUT2D eigenvalue weighted by Crippen LogP contribution is 2.39. The van der Waals surface area contributed by atoms with Crippen LogP contribution in [-0.4, -0.2) is 0 Å². The highest BCUT2D eigenvalue weighted by molar-refractivity contribution is 6.10. The highest BCUT2D eigenvalue weighted by atomic mass is 19.1. The second-order valence-electron chi connectivity index (χ2n) is 9.04. The van der Waals surface area contributed by atoms with Gasteiger partial charge in [-0.15, -0.1) is 0 Å². The van der Waals surface area contributed by atoms with Gasteiger partial charge in [-0.2, -0.15) is 4.57 Å². The quantitative estimate of drug-likeness (QED) is 0.287. The molecule has 3 heteroatoms. The first-order chi connectivity index (χ1) is 14.8. The zero-order valence-corrected chi connectivity index (χ0v) is 18.7. The molecular weight excluding hydrogens is 385 g/mol. The Labute approximate surface area is 181 Å². The van der Waals surface area contributed by atoms with E-state index in [9.17, 15) is 4.39 Å². The van der Waals surface area contributed by atoms with Crippen molar-refractivity contribution in [3.63, 3.8) is 0 Å². The Morgan fingerprint density at radius 1 is 0.935 bits per heavy atom. The fourth-order valence-corrected chi connectivity index (χ4v) is 4.77. The van der Waals surface area contributed by atoms with E-state index in [-0.39, 0.29) is 5.82 Å². The van der Waals surface area contributed by atoms with Gasteiger partial charge in [0.25, 0.3) is 0 Å². The zero-order valence-electron chi connectivity index (χ0n) is 18.7. The molecule has 0 aliphatic carbocycles. The molecule has 0 radical (unpaired) electrons. The summed E-state index contributed by atoms with van der Waals surface area (Å²) in [5.74, 6) is 0.282. The Bertz CT molecular complexity index is 1480. The lowest BCUT2D eigenvalue weighted by atomic mass is 9.92. The number of hydrogen-bond acceptors (Lipinski definition) is 1. The molecule has 0 aliphatic rings. The van der Waals surface area contributed by atoms with E-state index in [0.29, 0.717) is 5.92 Å². The first kappa shape index (κ1) is 19.7. The summed E-state index contributed by atoms with van der Waals surface area (Å²) in [6.45, 7) is 8.74. The lowest BCUT2D eigenvalue weighted by Gasteiger charge is -2.14. The van der Waals surface area contributed by atoms with Crippen molar-refractivity contribution in [1.29, 1.82) is 0 Å². The fourth-order valence-electron chi connectivity index (χ4n) is 4.77. The van der Waals surface area contributed by atoms with Crippen LogP contribution in [0.1, 0.15) is 30.5 Å². The standard InChI is InChI=1S/C28H27FNO/c1-16(2)12-19-14-25(30(5)24-15-20(29)10-11-21(19)24)27-18(4)17(3)13-23-22-8-6-7-9-26(22)31-28(23)27/h6-11,13-16H,12H2,1-5H3/q+1. The molecule has 5 rings (SSSR count). The predicted octanol–water partition coefficient (Wildman–Crippen LogP) is 7.19. The summed E-state index contributed by atoms with van der Waals surface area (Å²) in [4.78, 5) is 0. The number of benzene rings is 3. The lowest BCUT2D eigenvalue weighted by Crippen LogP contribution is -2.33. The monoisotopic (exact) mass is 412 g/mol. The van der Waals surface area contributed by atoms with Gasteiger partial charge >= 0.3 is 0 Å². The van der Waals surface area contributed by atoms with E-state index in [4.69, 9.17) is 4.42 Å². The summed E-state index contributed by atoms with van der Waals surface area (Å²) in [5, 5.41) is 3.35.